The van der Waals surface area contributed by atoms with Gasteiger partial charge in [0.2, 0.25) is 0 Å². The molecule has 0 radical (unpaired) electrons. The van der Waals surface area contributed by atoms with Crippen LogP contribution in [0.1, 0.15) is 19.4 Å². The molecule has 0 spiro atoms. The van der Waals surface area contributed by atoms with E-state index in [-0.39, 0.29) is 6.04 Å². The van der Waals surface area contributed by atoms with Crippen LogP contribution in [0.25, 0.3) is 0 Å². The minimum absolute atomic E-state index is 0.184. The van der Waals surface area contributed by atoms with Crippen molar-refractivity contribution >= 4 is 15.9 Å². The van der Waals surface area contributed by atoms with Gasteiger partial charge in [-0.3, -0.25) is 4.72 Å². The molecule has 0 aliphatic carbocycles. The summed E-state index contributed by atoms with van der Waals surface area (Å²) in [5, 5.41) is 8.66. The summed E-state index contributed by atoms with van der Waals surface area (Å²) in [5.74, 6) is 0. The lowest BCUT2D eigenvalue weighted by molar-refractivity contribution is 0.575. The highest BCUT2D eigenvalue weighted by molar-refractivity contribution is 7.90. The molecule has 1 aromatic carbocycles. The van der Waals surface area contributed by atoms with Gasteiger partial charge in [0.05, 0.1) is 17.3 Å². The summed E-state index contributed by atoms with van der Waals surface area (Å²) in [5.41, 5.74) is 0.775. The SMILES string of the molecule is CC(C)NS(=O)(=O)Nc1cccc(C#N)c1. The Balaban J connectivity index is 2.85. The number of nitrogens with zero attached hydrogens (tertiary/aromatic N) is 1. The van der Waals surface area contributed by atoms with Crippen LogP contribution in [0, 0.1) is 11.3 Å². The first-order chi connectivity index (χ1) is 7.43. The van der Waals surface area contributed by atoms with Crippen molar-refractivity contribution in [1.82, 2.24) is 4.72 Å². The highest BCUT2D eigenvalue weighted by Crippen LogP contribution is 2.10. The summed E-state index contributed by atoms with van der Waals surface area (Å²) in [7, 11) is -3.57. The first-order valence-electron chi connectivity index (χ1n) is 4.73. The van der Waals surface area contributed by atoms with E-state index in [4.69, 9.17) is 5.26 Å². The molecule has 16 heavy (non-hydrogen) atoms. The van der Waals surface area contributed by atoms with E-state index in [1.165, 1.54) is 6.07 Å². The fourth-order valence-corrected chi connectivity index (χ4v) is 2.26. The molecule has 0 amide bonds. The van der Waals surface area contributed by atoms with E-state index >= 15 is 0 Å². The van der Waals surface area contributed by atoms with Gasteiger partial charge in [0, 0.05) is 6.04 Å². The van der Waals surface area contributed by atoms with Crippen molar-refractivity contribution in [1.29, 1.82) is 5.26 Å². The Morgan fingerprint density at radius 2 is 2.06 bits per heavy atom. The van der Waals surface area contributed by atoms with Crippen LogP contribution in [0.3, 0.4) is 0 Å². The molecule has 2 N–H and O–H groups in total. The Bertz CT molecular complexity index is 503. The number of anilines is 1. The van der Waals surface area contributed by atoms with E-state index in [1.54, 1.807) is 32.0 Å². The molecule has 0 saturated carbocycles. The number of nitrogens with one attached hydrogen (secondary N) is 2. The first-order valence-corrected chi connectivity index (χ1v) is 6.21. The standard InChI is InChI=1S/C10H13N3O2S/c1-8(2)12-16(14,15)13-10-5-3-4-9(6-10)7-11/h3-6,8,12-13H,1-2H3. The number of nitriles is 1. The number of benzene rings is 1. The lowest BCUT2D eigenvalue weighted by Gasteiger charge is -2.11. The van der Waals surface area contributed by atoms with E-state index in [2.05, 4.69) is 9.44 Å². The maximum Gasteiger partial charge on any atom is 0.299 e. The smallest absolute Gasteiger partial charge is 0.271 e. The van der Waals surface area contributed by atoms with Crippen molar-refractivity contribution in [3.8, 4) is 6.07 Å². The molecule has 0 bridgehead atoms. The summed E-state index contributed by atoms with van der Waals surface area (Å²) in [4.78, 5) is 0. The average molecular weight is 239 g/mol. The fourth-order valence-electron chi connectivity index (χ4n) is 1.15. The van der Waals surface area contributed by atoms with E-state index in [9.17, 15) is 8.42 Å². The predicted octanol–water partition coefficient (Wildman–Crippen LogP) is 1.21. The van der Waals surface area contributed by atoms with E-state index in [0.717, 1.165) is 0 Å². The van der Waals surface area contributed by atoms with Crippen LogP contribution in [0.2, 0.25) is 0 Å². The van der Waals surface area contributed by atoms with Gasteiger partial charge < -0.3 is 0 Å². The lowest BCUT2D eigenvalue weighted by atomic mass is 10.2. The van der Waals surface area contributed by atoms with E-state index in [0.29, 0.717) is 11.3 Å². The summed E-state index contributed by atoms with van der Waals surface area (Å²) >= 11 is 0. The van der Waals surface area contributed by atoms with Crippen LogP contribution in [-0.2, 0) is 10.2 Å². The third-order valence-corrected chi connectivity index (χ3v) is 2.92. The van der Waals surface area contributed by atoms with Gasteiger partial charge in [-0.25, -0.2) is 0 Å². The molecule has 0 atom stereocenters. The van der Waals surface area contributed by atoms with Crippen molar-refractivity contribution in [2.24, 2.45) is 0 Å². The fraction of sp³-hybridized carbons (Fsp3) is 0.300. The summed E-state index contributed by atoms with van der Waals surface area (Å²) in [6.07, 6.45) is 0. The Morgan fingerprint density at radius 1 is 1.38 bits per heavy atom. The second-order valence-corrected chi connectivity index (χ2v) is 5.02. The topological polar surface area (TPSA) is 82.0 Å². The van der Waals surface area contributed by atoms with Crippen molar-refractivity contribution in [3.05, 3.63) is 29.8 Å². The minimum atomic E-state index is -3.57. The van der Waals surface area contributed by atoms with Crippen molar-refractivity contribution in [2.75, 3.05) is 4.72 Å². The van der Waals surface area contributed by atoms with Crippen LogP contribution in [0.5, 0.6) is 0 Å². The zero-order chi connectivity index (χ0) is 12.2. The molecule has 86 valence electrons. The molecule has 0 fully saturated rings. The number of hydrogen-bond donors (Lipinski definition) is 2. The Kier molecular flexibility index (Phi) is 3.88. The molecule has 0 heterocycles. The zero-order valence-electron chi connectivity index (χ0n) is 9.06. The van der Waals surface area contributed by atoms with Crippen LogP contribution in [-0.4, -0.2) is 14.5 Å². The molecule has 5 nitrogen and oxygen atoms in total. The molecular weight excluding hydrogens is 226 g/mol. The second kappa shape index (κ2) is 4.96. The van der Waals surface area contributed by atoms with Crippen molar-refractivity contribution in [2.45, 2.75) is 19.9 Å². The van der Waals surface area contributed by atoms with Crippen molar-refractivity contribution < 1.29 is 8.42 Å². The highest BCUT2D eigenvalue weighted by Gasteiger charge is 2.11. The van der Waals surface area contributed by atoms with Crippen LogP contribution >= 0.6 is 0 Å². The average Bonchev–Trinajstić information content (AvgIpc) is 2.15. The third-order valence-electron chi connectivity index (χ3n) is 1.63. The van der Waals surface area contributed by atoms with E-state index in [1.807, 2.05) is 6.07 Å². The molecule has 6 heteroatoms. The van der Waals surface area contributed by atoms with Gasteiger partial charge in [-0.15, -0.1) is 0 Å². The highest BCUT2D eigenvalue weighted by atomic mass is 32.2. The quantitative estimate of drug-likeness (QED) is 0.828. The molecule has 0 aromatic heterocycles. The molecule has 0 unspecified atom stereocenters. The molecule has 0 aliphatic heterocycles. The van der Waals surface area contributed by atoms with Gasteiger partial charge >= 0.3 is 0 Å². The Morgan fingerprint density at radius 3 is 2.62 bits per heavy atom. The van der Waals surface area contributed by atoms with Gasteiger partial charge in [-0.05, 0) is 32.0 Å². The summed E-state index contributed by atoms with van der Waals surface area (Å²) < 4.78 is 27.7. The van der Waals surface area contributed by atoms with E-state index < -0.39 is 10.2 Å². The van der Waals surface area contributed by atoms with Gasteiger partial charge in [0.15, 0.2) is 0 Å². The number of hydrogen-bond acceptors (Lipinski definition) is 3. The van der Waals surface area contributed by atoms with Crippen LogP contribution in [0.4, 0.5) is 5.69 Å². The maximum absolute atomic E-state index is 11.5. The molecule has 1 rings (SSSR count). The van der Waals surface area contributed by atoms with Gasteiger partial charge in [0.1, 0.15) is 0 Å². The summed E-state index contributed by atoms with van der Waals surface area (Å²) in [6, 6.07) is 8.03. The lowest BCUT2D eigenvalue weighted by Crippen LogP contribution is -2.35. The third kappa shape index (κ3) is 3.88. The largest absolute Gasteiger partial charge is 0.299 e. The van der Waals surface area contributed by atoms with Crippen molar-refractivity contribution in [3.63, 3.8) is 0 Å². The molecule has 0 aliphatic rings. The first kappa shape index (κ1) is 12.5. The minimum Gasteiger partial charge on any atom is -0.271 e. The van der Waals surface area contributed by atoms with Gasteiger partial charge in [-0.2, -0.15) is 18.4 Å². The van der Waals surface area contributed by atoms with Crippen LogP contribution in [0.15, 0.2) is 24.3 Å². The normalized spacial score (nSPS) is 11.1. The second-order valence-electron chi connectivity index (χ2n) is 3.57. The monoisotopic (exact) mass is 239 g/mol. The van der Waals surface area contributed by atoms with Gasteiger partial charge in [0.25, 0.3) is 10.2 Å². The van der Waals surface area contributed by atoms with Gasteiger partial charge in [-0.1, -0.05) is 6.07 Å². The Labute approximate surface area is 95.3 Å². The number of rotatable bonds is 4. The molecular formula is C10H13N3O2S. The molecule has 0 saturated heterocycles. The molecule has 1 aromatic rings. The maximum atomic E-state index is 11.5. The van der Waals surface area contributed by atoms with Crippen LogP contribution < -0.4 is 9.44 Å². The summed E-state index contributed by atoms with van der Waals surface area (Å²) in [6.45, 7) is 3.45. The predicted molar refractivity (Wildman–Crippen MR) is 62.0 cm³/mol. The Hall–Kier alpha value is -1.58. The zero-order valence-corrected chi connectivity index (χ0v) is 9.88.